The summed E-state index contributed by atoms with van der Waals surface area (Å²) < 4.78 is 27.3. The molecule has 0 saturated heterocycles. The summed E-state index contributed by atoms with van der Waals surface area (Å²) in [5, 5.41) is 0. The van der Waals surface area contributed by atoms with Crippen LogP contribution in [-0.4, -0.2) is 32.4 Å². The van der Waals surface area contributed by atoms with E-state index in [0.717, 1.165) is 0 Å². The van der Waals surface area contributed by atoms with Gasteiger partial charge in [-0.25, -0.2) is 0 Å². The van der Waals surface area contributed by atoms with E-state index in [4.69, 9.17) is 0 Å². The molecule has 0 fully saturated rings. The summed E-state index contributed by atoms with van der Waals surface area (Å²) in [6, 6.07) is 0. The van der Waals surface area contributed by atoms with Crippen molar-refractivity contribution in [2.24, 2.45) is 0 Å². The van der Waals surface area contributed by atoms with Crippen molar-refractivity contribution in [3.05, 3.63) is 11.1 Å². The highest BCUT2D eigenvalue weighted by Crippen LogP contribution is 2.01. The third kappa shape index (κ3) is 4.75. The van der Waals surface area contributed by atoms with Gasteiger partial charge >= 0.3 is 0 Å². The largest absolute Gasteiger partial charge is 0.279 e. The fraction of sp³-hybridized carbons (Fsp3) is 0.714. The summed E-state index contributed by atoms with van der Waals surface area (Å²) in [4.78, 5) is 0. The Hall–Kier alpha value is 0.0900. The molecular formula is C7H15BrN2O2S. The van der Waals surface area contributed by atoms with Gasteiger partial charge in [0.1, 0.15) is 0 Å². The fourth-order valence-electron chi connectivity index (χ4n) is 0.824. The average Bonchev–Trinajstić information content (AvgIpc) is 2.03. The van der Waals surface area contributed by atoms with Gasteiger partial charge < -0.3 is 0 Å². The molecule has 0 atom stereocenters. The average molecular weight is 271 g/mol. The van der Waals surface area contributed by atoms with Crippen molar-refractivity contribution >= 4 is 26.1 Å². The van der Waals surface area contributed by atoms with Crippen LogP contribution in [0.4, 0.5) is 0 Å². The number of nitrogens with one attached hydrogen (secondary N) is 1. The summed E-state index contributed by atoms with van der Waals surface area (Å²) in [7, 11) is -3.33. The minimum atomic E-state index is -3.33. The van der Waals surface area contributed by atoms with Crippen LogP contribution in [0.25, 0.3) is 0 Å². The zero-order chi connectivity index (χ0) is 10.5. The third-order valence-electron chi connectivity index (χ3n) is 1.49. The van der Waals surface area contributed by atoms with Gasteiger partial charge in [0.25, 0.3) is 10.2 Å². The van der Waals surface area contributed by atoms with Crippen molar-refractivity contribution in [1.82, 2.24) is 9.03 Å². The Morgan fingerprint density at radius 1 is 1.46 bits per heavy atom. The Balaban J connectivity index is 4.30. The molecule has 0 aromatic carbocycles. The van der Waals surface area contributed by atoms with Crippen molar-refractivity contribution < 1.29 is 8.42 Å². The highest BCUT2D eigenvalue weighted by molar-refractivity contribution is 9.11. The predicted molar refractivity (Wildman–Crippen MR) is 57.9 cm³/mol. The topological polar surface area (TPSA) is 49.4 Å². The molecule has 0 radical (unpaired) electrons. The highest BCUT2D eigenvalue weighted by atomic mass is 79.9. The molecule has 0 unspecified atom stereocenters. The van der Waals surface area contributed by atoms with Crippen LogP contribution in [-0.2, 0) is 10.2 Å². The van der Waals surface area contributed by atoms with E-state index in [2.05, 4.69) is 27.2 Å². The summed E-state index contributed by atoms with van der Waals surface area (Å²) >= 11 is 3.08. The maximum Gasteiger partial charge on any atom is 0.279 e. The molecule has 0 rings (SSSR count). The molecule has 0 amide bonds. The number of hydrogen-bond acceptors (Lipinski definition) is 2. The molecule has 0 saturated carbocycles. The van der Waals surface area contributed by atoms with E-state index in [9.17, 15) is 8.42 Å². The molecule has 0 aromatic heterocycles. The number of hydrogen-bond donors (Lipinski definition) is 1. The molecule has 0 aliphatic heterocycles. The molecule has 1 N–H and O–H groups in total. The zero-order valence-corrected chi connectivity index (χ0v) is 10.3. The predicted octanol–water partition coefficient (Wildman–Crippen LogP) is 1.07. The fourth-order valence-corrected chi connectivity index (χ4v) is 2.37. The van der Waals surface area contributed by atoms with Crippen LogP contribution >= 0.6 is 15.9 Å². The number of rotatable bonds is 6. The van der Waals surface area contributed by atoms with Crippen molar-refractivity contribution in [3.8, 4) is 0 Å². The SMILES string of the molecule is C=C(Br)CNS(=O)(=O)N(CC)CC. The molecule has 0 heterocycles. The Morgan fingerprint density at radius 3 is 2.23 bits per heavy atom. The highest BCUT2D eigenvalue weighted by Gasteiger charge is 2.17. The summed E-state index contributed by atoms with van der Waals surface area (Å²) in [6.45, 7) is 8.30. The standard InChI is InChI=1S/C7H15BrN2O2S/c1-4-10(5-2)13(11,12)9-6-7(3)8/h9H,3-6H2,1-2H3. The second-order valence-corrected chi connectivity index (χ2v) is 5.30. The Bertz CT molecular complexity index is 260. The molecule has 78 valence electrons. The molecule has 0 spiro atoms. The van der Waals surface area contributed by atoms with E-state index < -0.39 is 10.2 Å². The molecule has 4 nitrogen and oxygen atoms in total. The van der Waals surface area contributed by atoms with Crippen LogP contribution in [0, 0.1) is 0 Å². The van der Waals surface area contributed by atoms with E-state index in [1.54, 1.807) is 13.8 Å². The normalized spacial score (nSPS) is 12.0. The first kappa shape index (κ1) is 13.1. The summed E-state index contributed by atoms with van der Waals surface area (Å²) in [6.07, 6.45) is 0. The van der Waals surface area contributed by atoms with E-state index in [0.29, 0.717) is 17.6 Å². The van der Waals surface area contributed by atoms with Gasteiger partial charge in [0.05, 0.1) is 0 Å². The van der Waals surface area contributed by atoms with Crippen LogP contribution in [0.15, 0.2) is 11.1 Å². The van der Waals surface area contributed by atoms with E-state index >= 15 is 0 Å². The molecule has 6 heteroatoms. The number of halogens is 1. The van der Waals surface area contributed by atoms with Gasteiger partial charge in [-0.3, -0.25) is 0 Å². The lowest BCUT2D eigenvalue weighted by molar-refractivity contribution is 0.437. The monoisotopic (exact) mass is 270 g/mol. The summed E-state index contributed by atoms with van der Waals surface area (Å²) in [5.74, 6) is 0. The second kappa shape index (κ2) is 5.74. The van der Waals surface area contributed by atoms with Gasteiger partial charge in [0.15, 0.2) is 0 Å². The smallest absolute Gasteiger partial charge is 0.197 e. The maximum absolute atomic E-state index is 11.5. The van der Waals surface area contributed by atoms with Gasteiger partial charge in [-0.05, 0) is 0 Å². The Morgan fingerprint density at radius 2 is 1.92 bits per heavy atom. The van der Waals surface area contributed by atoms with Crippen LogP contribution in [0.5, 0.6) is 0 Å². The second-order valence-electron chi connectivity index (χ2n) is 2.43. The van der Waals surface area contributed by atoms with Crippen LogP contribution in [0.3, 0.4) is 0 Å². The van der Waals surface area contributed by atoms with E-state index in [1.165, 1.54) is 4.31 Å². The van der Waals surface area contributed by atoms with E-state index in [1.807, 2.05) is 0 Å². The number of nitrogens with zero attached hydrogens (tertiary/aromatic N) is 1. The van der Waals surface area contributed by atoms with Crippen molar-refractivity contribution in [3.63, 3.8) is 0 Å². The van der Waals surface area contributed by atoms with Gasteiger partial charge in [-0.15, -0.1) is 0 Å². The maximum atomic E-state index is 11.5. The summed E-state index contributed by atoms with van der Waals surface area (Å²) in [5.41, 5.74) is 0. The Labute approximate surface area is 88.3 Å². The minimum absolute atomic E-state index is 0.221. The Kier molecular flexibility index (Phi) is 5.78. The molecule has 0 bridgehead atoms. The quantitative estimate of drug-likeness (QED) is 0.785. The molecule has 13 heavy (non-hydrogen) atoms. The van der Waals surface area contributed by atoms with Gasteiger partial charge in [0.2, 0.25) is 0 Å². The van der Waals surface area contributed by atoms with Crippen LogP contribution < -0.4 is 4.72 Å². The van der Waals surface area contributed by atoms with Crippen molar-refractivity contribution in [2.45, 2.75) is 13.8 Å². The van der Waals surface area contributed by atoms with E-state index in [-0.39, 0.29) is 6.54 Å². The van der Waals surface area contributed by atoms with Gasteiger partial charge in [0, 0.05) is 24.1 Å². The first-order chi connectivity index (χ1) is 5.94. The lowest BCUT2D eigenvalue weighted by Gasteiger charge is -2.18. The van der Waals surface area contributed by atoms with Gasteiger partial charge in [-0.2, -0.15) is 17.4 Å². The van der Waals surface area contributed by atoms with Crippen LogP contribution in [0.1, 0.15) is 13.8 Å². The first-order valence-electron chi connectivity index (χ1n) is 4.02. The zero-order valence-electron chi connectivity index (χ0n) is 7.88. The lowest BCUT2D eigenvalue weighted by Crippen LogP contribution is -2.40. The molecular weight excluding hydrogens is 256 g/mol. The molecule has 0 aliphatic rings. The van der Waals surface area contributed by atoms with Crippen molar-refractivity contribution in [1.29, 1.82) is 0 Å². The lowest BCUT2D eigenvalue weighted by atomic mass is 10.7. The van der Waals surface area contributed by atoms with Crippen molar-refractivity contribution in [2.75, 3.05) is 19.6 Å². The first-order valence-corrected chi connectivity index (χ1v) is 6.25. The third-order valence-corrected chi connectivity index (χ3v) is 3.48. The van der Waals surface area contributed by atoms with Crippen LogP contribution in [0.2, 0.25) is 0 Å². The molecule has 0 aromatic rings. The minimum Gasteiger partial charge on any atom is -0.197 e. The van der Waals surface area contributed by atoms with Gasteiger partial charge in [-0.1, -0.05) is 36.4 Å². The molecule has 0 aliphatic carbocycles.